The van der Waals surface area contributed by atoms with Crippen LogP contribution in [0.3, 0.4) is 0 Å². The van der Waals surface area contributed by atoms with E-state index >= 15 is 0 Å². The van der Waals surface area contributed by atoms with Crippen molar-refractivity contribution in [1.29, 1.82) is 0 Å². The standard InChI is InChI=1S/C16H24N4O3/c1-16(2,3)23-15(22)19-11-5-4-8-20(10-11)13-6-7-18-9-12(13)14(17)21/h6-7,9,11H,4-5,8,10H2,1-3H3,(H2,17,21)(H,19,22). The molecule has 3 N–H and O–H groups in total. The average Bonchev–Trinajstić information content (AvgIpc) is 2.45. The number of hydrogen-bond donors (Lipinski definition) is 2. The third-order valence-electron chi connectivity index (χ3n) is 3.55. The number of primary amides is 1. The number of carbonyl (C=O) groups is 2. The van der Waals surface area contributed by atoms with Crippen LogP contribution >= 0.6 is 0 Å². The van der Waals surface area contributed by atoms with Gasteiger partial charge in [-0.1, -0.05) is 0 Å². The first-order chi connectivity index (χ1) is 10.8. The second-order valence-electron chi connectivity index (χ2n) is 6.69. The summed E-state index contributed by atoms with van der Waals surface area (Å²) in [5.41, 5.74) is 6.03. The van der Waals surface area contributed by atoms with E-state index in [0.29, 0.717) is 12.1 Å². The summed E-state index contributed by atoms with van der Waals surface area (Å²) in [4.78, 5) is 29.5. The molecule has 1 aliphatic heterocycles. The second-order valence-corrected chi connectivity index (χ2v) is 6.69. The molecule has 1 atom stereocenters. The van der Waals surface area contributed by atoms with Crippen molar-refractivity contribution in [3.05, 3.63) is 24.0 Å². The van der Waals surface area contributed by atoms with E-state index in [1.54, 1.807) is 12.3 Å². The summed E-state index contributed by atoms with van der Waals surface area (Å²) in [7, 11) is 0. The molecule has 1 aromatic rings. The molecular weight excluding hydrogens is 296 g/mol. The van der Waals surface area contributed by atoms with Crippen molar-refractivity contribution in [2.24, 2.45) is 5.73 Å². The fourth-order valence-corrected chi connectivity index (χ4v) is 2.64. The Balaban J connectivity index is 2.04. The number of carbonyl (C=O) groups excluding carboxylic acids is 2. The first-order valence-corrected chi connectivity index (χ1v) is 7.74. The Bertz CT molecular complexity index is 583. The van der Waals surface area contributed by atoms with Gasteiger partial charge in [0.2, 0.25) is 0 Å². The first-order valence-electron chi connectivity index (χ1n) is 7.74. The number of pyridine rings is 1. The summed E-state index contributed by atoms with van der Waals surface area (Å²) < 4.78 is 5.29. The fourth-order valence-electron chi connectivity index (χ4n) is 2.64. The van der Waals surface area contributed by atoms with Crippen LogP contribution in [0.4, 0.5) is 10.5 Å². The van der Waals surface area contributed by atoms with Crippen LogP contribution in [0.15, 0.2) is 18.5 Å². The fraction of sp³-hybridized carbons (Fsp3) is 0.562. The van der Waals surface area contributed by atoms with Crippen LogP contribution in [0.25, 0.3) is 0 Å². The number of ether oxygens (including phenoxy) is 1. The van der Waals surface area contributed by atoms with E-state index in [2.05, 4.69) is 10.3 Å². The van der Waals surface area contributed by atoms with Gasteiger partial charge in [0.15, 0.2) is 0 Å². The Kier molecular flexibility index (Phi) is 5.08. The SMILES string of the molecule is CC(C)(C)OC(=O)NC1CCCN(c2ccncc2C(N)=O)C1. The molecule has 1 aliphatic rings. The maximum Gasteiger partial charge on any atom is 0.407 e. The van der Waals surface area contributed by atoms with Gasteiger partial charge < -0.3 is 20.7 Å². The van der Waals surface area contributed by atoms with E-state index < -0.39 is 17.6 Å². The summed E-state index contributed by atoms with van der Waals surface area (Å²) in [6, 6.07) is 1.74. The smallest absolute Gasteiger partial charge is 0.407 e. The van der Waals surface area contributed by atoms with Gasteiger partial charge in [0.05, 0.1) is 11.3 Å². The molecule has 7 heteroatoms. The molecule has 0 saturated carbocycles. The van der Waals surface area contributed by atoms with Gasteiger partial charge in [0.1, 0.15) is 5.60 Å². The van der Waals surface area contributed by atoms with Gasteiger partial charge in [-0.2, -0.15) is 0 Å². The Morgan fingerprint density at radius 3 is 2.83 bits per heavy atom. The summed E-state index contributed by atoms with van der Waals surface area (Å²) in [6.45, 7) is 6.89. The van der Waals surface area contributed by atoms with E-state index in [9.17, 15) is 9.59 Å². The van der Waals surface area contributed by atoms with Crippen molar-refractivity contribution in [3.63, 3.8) is 0 Å². The van der Waals surface area contributed by atoms with Gasteiger partial charge in [-0.15, -0.1) is 0 Å². The molecule has 1 fully saturated rings. The minimum Gasteiger partial charge on any atom is -0.444 e. The lowest BCUT2D eigenvalue weighted by atomic mass is 10.0. The molecule has 7 nitrogen and oxygen atoms in total. The molecule has 1 unspecified atom stereocenters. The van der Waals surface area contributed by atoms with Crippen LogP contribution in [0.5, 0.6) is 0 Å². The van der Waals surface area contributed by atoms with Crippen LogP contribution < -0.4 is 16.0 Å². The normalized spacial score (nSPS) is 18.4. The number of piperidine rings is 1. The van der Waals surface area contributed by atoms with Crippen molar-refractivity contribution in [2.75, 3.05) is 18.0 Å². The number of nitrogens with zero attached hydrogens (tertiary/aromatic N) is 2. The van der Waals surface area contributed by atoms with Crippen molar-refractivity contribution in [3.8, 4) is 0 Å². The maximum absolute atomic E-state index is 11.9. The number of nitrogens with two attached hydrogens (primary N) is 1. The Morgan fingerprint density at radius 1 is 1.43 bits per heavy atom. The molecule has 2 amide bonds. The van der Waals surface area contributed by atoms with Crippen molar-refractivity contribution in [2.45, 2.75) is 45.3 Å². The Hall–Kier alpha value is -2.31. The Morgan fingerprint density at radius 2 is 2.17 bits per heavy atom. The van der Waals surface area contributed by atoms with Crippen LogP contribution in [-0.2, 0) is 4.74 Å². The lowest BCUT2D eigenvalue weighted by molar-refractivity contribution is 0.0499. The van der Waals surface area contributed by atoms with Crippen LogP contribution in [0, 0.1) is 0 Å². The monoisotopic (exact) mass is 320 g/mol. The first kappa shape index (κ1) is 17.1. The van der Waals surface area contributed by atoms with Crippen molar-refractivity contribution >= 4 is 17.7 Å². The van der Waals surface area contributed by atoms with Crippen molar-refractivity contribution < 1.29 is 14.3 Å². The summed E-state index contributed by atoms with van der Waals surface area (Å²) in [6.07, 6.45) is 4.46. The number of anilines is 1. The molecule has 0 aromatic carbocycles. The zero-order valence-electron chi connectivity index (χ0n) is 13.8. The molecule has 0 radical (unpaired) electrons. The van der Waals surface area contributed by atoms with Crippen LogP contribution in [0.1, 0.15) is 44.0 Å². The quantitative estimate of drug-likeness (QED) is 0.883. The van der Waals surface area contributed by atoms with Gasteiger partial charge in [-0.3, -0.25) is 9.78 Å². The average molecular weight is 320 g/mol. The summed E-state index contributed by atoms with van der Waals surface area (Å²) in [5, 5.41) is 2.89. The summed E-state index contributed by atoms with van der Waals surface area (Å²) >= 11 is 0. The third-order valence-corrected chi connectivity index (χ3v) is 3.55. The maximum atomic E-state index is 11.9. The molecule has 0 aliphatic carbocycles. The molecule has 23 heavy (non-hydrogen) atoms. The van der Waals surface area contributed by atoms with E-state index in [-0.39, 0.29) is 6.04 Å². The minimum atomic E-state index is -0.525. The second kappa shape index (κ2) is 6.85. The highest BCUT2D eigenvalue weighted by Crippen LogP contribution is 2.23. The highest BCUT2D eigenvalue weighted by Gasteiger charge is 2.26. The molecule has 0 bridgehead atoms. The number of hydrogen-bond acceptors (Lipinski definition) is 5. The van der Waals surface area contributed by atoms with Gasteiger partial charge in [0.25, 0.3) is 5.91 Å². The van der Waals surface area contributed by atoms with Crippen LogP contribution in [-0.4, -0.2) is 41.7 Å². The number of amides is 2. The van der Waals surface area contributed by atoms with E-state index in [0.717, 1.165) is 25.1 Å². The van der Waals surface area contributed by atoms with E-state index in [1.807, 2.05) is 25.7 Å². The van der Waals surface area contributed by atoms with E-state index in [4.69, 9.17) is 10.5 Å². The third kappa shape index (κ3) is 4.84. The predicted molar refractivity (Wildman–Crippen MR) is 87.4 cm³/mol. The molecule has 1 aromatic heterocycles. The zero-order valence-corrected chi connectivity index (χ0v) is 13.8. The van der Waals surface area contributed by atoms with Gasteiger partial charge in [-0.05, 0) is 39.7 Å². The largest absolute Gasteiger partial charge is 0.444 e. The van der Waals surface area contributed by atoms with E-state index in [1.165, 1.54) is 6.20 Å². The highest BCUT2D eigenvalue weighted by molar-refractivity contribution is 5.98. The molecule has 1 saturated heterocycles. The Labute approximate surface area is 136 Å². The topological polar surface area (TPSA) is 97.6 Å². The lowest BCUT2D eigenvalue weighted by Crippen LogP contribution is -2.49. The van der Waals surface area contributed by atoms with Gasteiger partial charge >= 0.3 is 6.09 Å². The number of rotatable bonds is 3. The lowest BCUT2D eigenvalue weighted by Gasteiger charge is -2.35. The summed E-state index contributed by atoms with van der Waals surface area (Å²) in [5.74, 6) is -0.504. The predicted octanol–water partition coefficient (Wildman–Crippen LogP) is 1.67. The van der Waals surface area contributed by atoms with Crippen molar-refractivity contribution in [1.82, 2.24) is 10.3 Å². The molecule has 2 rings (SSSR count). The highest BCUT2D eigenvalue weighted by atomic mass is 16.6. The molecule has 0 spiro atoms. The number of aromatic nitrogens is 1. The van der Waals surface area contributed by atoms with Gasteiger partial charge in [0, 0.05) is 31.5 Å². The molecule has 126 valence electrons. The molecule has 2 heterocycles. The van der Waals surface area contributed by atoms with Crippen LogP contribution in [0.2, 0.25) is 0 Å². The minimum absolute atomic E-state index is 0.0347. The zero-order chi connectivity index (χ0) is 17.0. The van der Waals surface area contributed by atoms with Gasteiger partial charge in [-0.25, -0.2) is 4.79 Å². The molecular formula is C16H24N4O3. The number of alkyl carbamates (subject to hydrolysis) is 1. The number of nitrogens with one attached hydrogen (secondary N) is 1.